The Balaban J connectivity index is 1.80. The average molecular weight is 564 g/mol. The molecule has 10 nitrogen and oxygen atoms in total. The maximum absolute atomic E-state index is 13.6. The topological polar surface area (TPSA) is 166 Å². The van der Waals surface area contributed by atoms with Gasteiger partial charge < -0.3 is 31.8 Å². The Morgan fingerprint density at radius 1 is 0.805 bits per heavy atom. The maximum Gasteiger partial charge on any atom is 0.326 e. The molecule has 1 heterocycles. The Kier molecular flexibility index (Phi) is 11.0. The minimum atomic E-state index is -1.18. The van der Waals surface area contributed by atoms with Crippen LogP contribution in [0.15, 0.2) is 60.8 Å². The minimum Gasteiger partial charge on any atom is -0.480 e. The Hall–Kier alpha value is -4.18. The zero-order valence-corrected chi connectivity index (χ0v) is 24.0. The Morgan fingerprint density at radius 2 is 1.44 bits per heavy atom. The number of carbonyl (C=O) groups excluding carboxylic acids is 3. The van der Waals surface area contributed by atoms with E-state index in [1.165, 1.54) is 0 Å². The van der Waals surface area contributed by atoms with Gasteiger partial charge in [0.1, 0.15) is 18.1 Å². The van der Waals surface area contributed by atoms with Gasteiger partial charge in [0.05, 0.1) is 6.04 Å². The lowest BCUT2D eigenvalue weighted by Gasteiger charge is -2.27. The summed E-state index contributed by atoms with van der Waals surface area (Å²) in [6.45, 7) is 7.42. The Labute approximate surface area is 240 Å². The highest BCUT2D eigenvalue weighted by Gasteiger charge is 2.32. The van der Waals surface area contributed by atoms with E-state index in [4.69, 9.17) is 5.73 Å². The predicted molar refractivity (Wildman–Crippen MR) is 158 cm³/mol. The fourth-order valence-corrected chi connectivity index (χ4v) is 4.72. The first-order chi connectivity index (χ1) is 19.5. The molecule has 4 unspecified atom stereocenters. The van der Waals surface area contributed by atoms with Crippen molar-refractivity contribution in [1.29, 1.82) is 0 Å². The molecule has 0 saturated heterocycles. The van der Waals surface area contributed by atoms with Crippen molar-refractivity contribution in [3.63, 3.8) is 0 Å². The number of fused-ring (bicyclic) bond motifs is 1. The van der Waals surface area contributed by atoms with E-state index in [9.17, 15) is 24.3 Å². The molecule has 10 heteroatoms. The molecular formula is C31H41N5O5. The average Bonchev–Trinajstić information content (AvgIpc) is 3.33. The molecular weight excluding hydrogens is 522 g/mol. The van der Waals surface area contributed by atoms with Gasteiger partial charge in [-0.15, -0.1) is 0 Å². The van der Waals surface area contributed by atoms with E-state index in [0.717, 1.165) is 22.0 Å². The molecule has 0 fully saturated rings. The van der Waals surface area contributed by atoms with Crippen LogP contribution in [0.5, 0.6) is 0 Å². The number of nitrogens with one attached hydrogen (secondary N) is 4. The summed E-state index contributed by atoms with van der Waals surface area (Å²) in [6, 6.07) is 12.6. The number of carboxylic acid groups (broad SMARTS) is 1. The first-order valence-electron chi connectivity index (χ1n) is 13.9. The monoisotopic (exact) mass is 563 g/mol. The van der Waals surface area contributed by atoms with Crippen LogP contribution in [-0.2, 0) is 32.0 Å². The summed E-state index contributed by atoms with van der Waals surface area (Å²) in [4.78, 5) is 55.0. The number of aromatic amines is 1. The smallest absolute Gasteiger partial charge is 0.326 e. The fraction of sp³-hybridized carbons (Fsp3) is 0.419. The fourth-order valence-electron chi connectivity index (χ4n) is 4.72. The molecule has 220 valence electrons. The van der Waals surface area contributed by atoms with Crippen LogP contribution in [0.1, 0.15) is 45.2 Å². The van der Waals surface area contributed by atoms with Gasteiger partial charge in [-0.2, -0.15) is 0 Å². The van der Waals surface area contributed by atoms with Gasteiger partial charge in [-0.05, 0) is 35.4 Å². The molecule has 3 amide bonds. The normalized spacial score (nSPS) is 14.3. The number of para-hydroxylation sites is 1. The SMILES string of the molecule is CC(C)CC(N)C(=O)NC(Cc1c[nH]c2ccccc12)C(=O)NC(C(=O)NC(Cc1ccccc1)C(=O)O)C(C)C. The molecule has 3 aromatic rings. The van der Waals surface area contributed by atoms with Crippen LogP contribution in [0.3, 0.4) is 0 Å². The van der Waals surface area contributed by atoms with Gasteiger partial charge in [-0.3, -0.25) is 14.4 Å². The number of carboxylic acids is 1. The van der Waals surface area contributed by atoms with Crippen molar-refractivity contribution in [2.75, 3.05) is 0 Å². The van der Waals surface area contributed by atoms with Gasteiger partial charge in [0, 0.05) is 29.9 Å². The van der Waals surface area contributed by atoms with E-state index in [1.807, 2.05) is 44.2 Å². The summed E-state index contributed by atoms with van der Waals surface area (Å²) < 4.78 is 0. The van der Waals surface area contributed by atoms with Crippen LogP contribution in [0.4, 0.5) is 0 Å². The van der Waals surface area contributed by atoms with E-state index in [0.29, 0.717) is 6.42 Å². The number of rotatable bonds is 14. The van der Waals surface area contributed by atoms with E-state index >= 15 is 0 Å². The first-order valence-corrected chi connectivity index (χ1v) is 13.9. The third kappa shape index (κ3) is 8.91. The number of nitrogens with two attached hydrogens (primary N) is 1. The van der Waals surface area contributed by atoms with Crippen LogP contribution >= 0.6 is 0 Å². The molecule has 3 rings (SSSR count). The second kappa shape index (κ2) is 14.5. The van der Waals surface area contributed by atoms with E-state index in [-0.39, 0.29) is 24.7 Å². The Bertz CT molecular complexity index is 1340. The highest BCUT2D eigenvalue weighted by atomic mass is 16.4. The lowest BCUT2D eigenvalue weighted by molar-refractivity contribution is -0.142. The lowest BCUT2D eigenvalue weighted by Crippen LogP contribution is -2.59. The largest absolute Gasteiger partial charge is 0.480 e. The van der Waals surface area contributed by atoms with Gasteiger partial charge in [0.15, 0.2) is 0 Å². The van der Waals surface area contributed by atoms with Crippen LogP contribution in [0.25, 0.3) is 10.9 Å². The molecule has 7 N–H and O–H groups in total. The van der Waals surface area contributed by atoms with E-state index in [2.05, 4.69) is 20.9 Å². The van der Waals surface area contributed by atoms with Crippen molar-refractivity contribution in [3.05, 3.63) is 71.9 Å². The quantitative estimate of drug-likeness (QED) is 0.176. The molecule has 4 atom stereocenters. The zero-order valence-electron chi connectivity index (χ0n) is 24.0. The first kappa shape index (κ1) is 31.3. The molecule has 2 aromatic carbocycles. The molecule has 0 saturated carbocycles. The highest BCUT2D eigenvalue weighted by molar-refractivity contribution is 5.95. The summed E-state index contributed by atoms with van der Waals surface area (Å²) in [6.07, 6.45) is 2.49. The van der Waals surface area contributed by atoms with Crippen molar-refractivity contribution in [1.82, 2.24) is 20.9 Å². The van der Waals surface area contributed by atoms with Gasteiger partial charge in [0.25, 0.3) is 0 Å². The van der Waals surface area contributed by atoms with Crippen molar-refractivity contribution < 1.29 is 24.3 Å². The number of hydrogen-bond donors (Lipinski definition) is 6. The minimum absolute atomic E-state index is 0.0909. The number of carbonyl (C=O) groups is 4. The van der Waals surface area contributed by atoms with Crippen LogP contribution < -0.4 is 21.7 Å². The van der Waals surface area contributed by atoms with E-state index < -0.39 is 47.9 Å². The van der Waals surface area contributed by atoms with Crippen molar-refractivity contribution in [2.24, 2.45) is 17.6 Å². The van der Waals surface area contributed by atoms with Gasteiger partial charge in [-0.25, -0.2) is 4.79 Å². The summed E-state index contributed by atoms with van der Waals surface area (Å²) in [5.74, 6) is -3.01. The van der Waals surface area contributed by atoms with Gasteiger partial charge >= 0.3 is 5.97 Å². The second-order valence-electron chi connectivity index (χ2n) is 11.2. The summed E-state index contributed by atoms with van der Waals surface area (Å²) in [7, 11) is 0. The van der Waals surface area contributed by atoms with Crippen LogP contribution in [0.2, 0.25) is 0 Å². The molecule has 0 radical (unpaired) electrons. The van der Waals surface area contributed by atoms with Crippen molar-refractivity contribution in [3.8, 4) is 0 Å². The van der Waals surface area contributed by atoms with Crippen LogP contribution in [-0.4, -0.2) is 57.9 Å². The standard InChI is InChI=1S/C31H41N5O5/c1-18(2)14-23(32)28(37)34-25(16-21-17-33-24-13-9-8-12-22(21)24)29(38)36-27(19(3)4)30(39)35-26(31(40)41)15-20-10-6-5-7-11-20/h5-13,17-19,23,25-27,33H,14-16,32H2,1-4H3,(H,34,37)(H,35,39)(H,36,38)(H,40,41). The number of aliphatic carboxylic acids is 1. The zero-order chi connectivity index (χ0) is 30.1. The molecule has 0 aliphatic carbocycles. The molecule has 0 aliphatic heterocycles. The number of aromatic nitrogens is 1. The molecule has 41 heavy (non-hydrogen) atoms. The number of benzene rings is 2. The van der Waals surface area contributed by atoms with E-state index in [1.54, 1.807) is 44.3 Å². The summed E-state index contributed by atoms with van der Waals surface area (Å²) in [5, 5.41) is 18.8. The second-order valence-corrected chi connectivity index (χ2v) is 11.2. The number of H-pyrrole nitrogens is 1. The van der Waals surface area contributed by atoms with Crippen LogP contribution in [0, 0.1) is 11.8 Å². The van der Waals surface area contributed by atoms with Gasteiger partial charge in [0.2, 0.25) is 17.7 Å². The third-order valence-corrected chi connectivity index (χ3v) is 6.94. The molecule has 1 aromatic heterocycles. The number of hydrogen-bond acceptors (Lipinski definition) is 5. The molecule has 0 bridgehead atoms. The maximum atomic E-state index is 13.6. The van der Waals surface area contributed by atoms with Crippen molar-refractivity contribution in [2.45, 2.75) is 71.1 Å². The van der Waals surface area contributed by atoms with Gasteiger partial charge in [-0.1, -0.05) is 76.2 Å². The number of amides is 3. The van der Waals surface area contributed by atoms with Crippen molar-refractivity contribution >= 4 is 34.6 Å². The summed E-state index contributed by atoms with van der Waals surface area (Å²) >= 11 is 0. The predicted octanol–water partition coefficient (Wildman–Crippen LogP) is 2.52. The summed E-state index contributed by atoms with van der Waals surface area (Å²) in [5.41, 5.74) is 8.57. The molecule has 0 aliphatic rings. The molecule has 0 spiro atoms. The Morgan fingerprint density at radius 3 is 2.07 bits per heavy atom. The third-order valence-electron chi connectivity index (χ3n) is 6.94. The highest BCUT2D eigenvalue weighted by Crippen LogP contribution is 2.19. The lowest BCUT2D eigenvalue weighted by atomic mass is 9.99.